The van der Waals surface area contributed by atoms with Crippen molar-refractivity contribution in [2.45, 2.75) is 39.5 Å². The zero-order valence-electron chi connectivity index (χ0n) is 16.5. The van der Waals surface area contributed by atoms with Crippen molar-refractivity contribution in [2.24, 2.45) is 10.9 Å². The summed E-state index contributed by atoms with van der Waals surface area (Å²) in [6.45, 7) is 13.2. The highest BCUT2D eigenvalue weighted by Crippen LogP contribution is 2.37. The zero-order valence-corrected chi connectivity index (χ0v) is 18.1. The summed E-state index contributed by atoms with van der Waals surface area (Å²) < 4.78 is 0.508. The van der Waals surface area contributed by atoms with Crippen LogP contribution in [0.4, 0.5) is 0 Å². The molecule has 5 nitrogen and oxygen atoms in total. The van der Waals surface area contributed by atoms with Crippen molar-refractivity contribution in [1.82, 2.24) is 5.32 Å². The number of allylic oxidation sites excluding steroid dienone is 2. The Bertz CT molecular complexity index is 863. The smallest absolute Gasteiger partial charge is 0.269 e. The third-order valence-electron chi connectivity index (χ3n) is 4.96. The molecule has 0 bridgehead atoms. The Morgan fingerprint density at radius 1 is 1.29 bits per heavy atom. The van der Waals surface area contributed by atoms with Gasteiger partial charge >= 0.3 is 0 Å². The summed E-state index contributed by atoms with van der Waals surface area (Å²) in [6, 6.07) is 4.01. The van der Waals surface area contributed by atoms with Crippen LogP contribution in [-0.2, 0) is 14.4 Å². The van der Waals surface area contributed by atoms with Crippen LogP contribution in [0.15, 0.2) is 40.0 Å². The lowest BCUT2D eigenvalue weighted by molar-refractivity contribution is -0.125. The number of amides is 1. The van der Waals surface area contributed by atoms with Gasteiger partial charge in [0.1, 0.15) is 17.4 Å². The van der Waals surface area contributed by atoms with E-state index < -0.39 is 11.8 Å². The number of benzene rings is 1. The largest absolute Gasteiger partial charge is 0.351 e. The Morgan fingerprint density at radius 2 is 1.89 bits per heavy atom. The van der Waals surface area contributed by atoms with Crippen LogP contribution in [0.1, 0.15) is 41.0 Å². The molecule has 0 aliphatic heterocycles. The molecule has 1 saturated carbocycles. The molecule has 0 spiro atoms. The first-order chi connectivity index (χ1) is 13.1. The molecule has 6 heteroatoms. The molecule has 148 valence electrons. The van der Waals surface area contributed by atoms with Gasteiger partial charge in [-0.05, 0) is 56.7 Å². The molecule has 1 aromatic rings. The van der Waals surface area contributed by atoms with E-state index in [0.29, 0.717) is 10.9 Å². The maximum absolute atomic E-state index is 12.9. The molecule has 2 rings (SSSR count). The topological polar surface area (TPSA) is 75.6 Å². The van der Waals surface area contributed by atoms with Crippen molar-refractivity contribution in [2.75, 3.05) is 6.54 Å². The van der Waals surface area contributed by atoms with E-state index in [-0.39, 0.29) is 36.1 Å². The van der Waals surface area contributed by atoms with Gasteiger partial charge in [-0.15, -0.1) is 0 Å². The molecule has 1 amide bonds. The van der Waals surface area contributed by atoms with Crippen LogP contribution in [0.5, 0.6) is 0 Å². The number of hydrogen-bond acceptors (Lipinski definition) is 4. The fourth-order valence-electron chi connectivity index (χ4n) is 3.83. The number of Topliss-reactive ketones (excluding diaryl/α,β-unsaturated/α-hetero) is 2. The minimum absolute atomic E-state index is 0.0414. The maximum Gasteiger partial charge on any atom is 0.269 e. The first-order valence-corrected chi connectivity index (χ1v) is 9.90. The van der Waals surface area contributed by atoms with Gasteiger partial charge in [-0.3, -0.25) is 19.4 Å². The minimum atomic E-state index is -0.691. The van der Waals surface area contributed by atoms with Crippen molar-refractivity contribution in [3.05, 3.63) is 57.2 Å². The summed E-state index contributed by atoms with van der Waals surface area (Å²) in [7, 11) is 0. The molecule has 0 radical (unpaired) electrons. The Labute approximate surface area is 174 Å². The predicted molar refractivity (Wildman–Crippen MR) is 115 cm³/mol. The van der Waals surface area contributed by atoms with Crippen LogP contribution in [0.25, 0.3) is 0 Å². The zero-order chi connectivity index (χ0) is 21.0. The molecular formula is C22H25BrN2O3. The van der Waals surface area contributed by atoms with E-state index in [1.54, 1.807) is 0 Å². The van der Waals surface area contributed by atoms with Gasteiger partial charge in [-0.2, -0.15) is 0 Å². The van der Waals surface area contributed by atoms with Crippen LogP contribution in [0, 0.1) is 26.7 Å². The Balaban J connectivity index is 2.06. The van der Waals surface area contributed by atoms with Crippen LogP contribution in [0.2, 0.25) is 0 Å². The van der Waals surface area contributed by atoms with Gasteiger partial charge in [0.2, 0.25) is 0 Å². The van der Waals surface area contributed by atoms with Crippen molar-refractivity contribution in [3.8, 4) is 0 Å². The van der Waals surface area contributed by atoms with Crippen LogP contribution >= 0.6 is 15.9 Å². The van der Waals surface area contributed by atoms with Gasteiger partial charge in [0, 0.05) is 23.4 Å². The summed E-state index contributed by atoms with van der Waals surface area (Å²) >= 11 is 3.14. The molecule has 1 aliphatic rings. The number of halogens is 1. The highest BCUT2D eigenvalue weighted by atomic mass is 79.9. The number of aliphatic imine (C=N–C) groups is 1. The summed E-state index contributed by atoms with van der Waals surface area (Å²) in [5.74, 6) is -1.56. The summed E-state index contributed by atoms with van der Waals surface area (Å²) in [4.78, 5) is 41.3. The second kappa shape index (κ2) is 9.24. The summed E-state index contributed by atoms with van der Waals surface area (Å²) in [5, 5.41) is 2.72. The second-order valence-electron chi connectivity index (χ2n) is 7.19. The lowest BCUT2D eigenvalue weighted by Gasteiger charge is -2.16. The fraction of sp³-hybridized carbons (Fsp3) is 0.364. The SMILES string of the molecule is C=N/C(=C\C(=C)Br)C(=O)NCCC1CC(=O)C(c2c(C)cc(C)cc2C)C1=O. The average Bonchev–Trinajstić information content (AvgIpc) is 2.86. The number of carbonyl (C=O) groups excluding carboxylic acids is 3. The quantitative estimate of drug-likeness (QED) is 0.300. The molecule has 2 atom stereocenters. The summed E-state index contributed by atoms with van der Waals surface area (Å²) in [5.41, 5.74) is 4.03. The number of hydrogen-bond donors (Lipinski definition) is 1. The van der Waals surface area contributed by atoms with E-state index >= 15 is 0 Å². The molecule has 2 unspecified atom stereocenters. The molecule has 1 N–H and O–H groups in total. The van der Waals surface area contributed by atoms with Crippen LogP contribution in [0.3, 0.4) is 0 Å². The standard InChI is InChI=1S/C22H25BrN2O3/c1-12-8-13(2)19(14(3)9-12)20-18(26)11-16(21(20)27)6-7-25-22(28)17(24-5)10-15(4)23/h8-10,16,20H,4-7,11H2,1-3H3,(H,25,28)/b17-10-. The van der Waals surface area contributed by atoms with E-state index in [0.717, 1.165) is 22.3 Å². The van der Waals surface area contributed by atoms with Crippen LogP contribution in [-0.4, -0.2) is 30.7 Å². The normalized spacial score (nSPS) is 19.6. The van der Waals surface area contributed by atoms with E-state index in [1.165, 1.54) is 6.08 Å². The Kier molecular flexibility index (Phi) is 7.24. The number of nitrogens with one attached hydrogen (secondary N) is 1. The number of rotatable bonds is 7. The number of ketones is 2. The van der Waals surface area contributed by atoms with Gasteiger partial charge in [-0.1, -0.05) is 40.2 Å². The first kappa shape index (κ1) is 22.0. The average molecular weight is 445 g/mol. The van der Waals surface area contributed by atoms with E-state index in [1.807, 2.05) is 32.9 Å². The van der Waals surface area contributed by atoms with Gasteiger partial charge in [0.05, 0.1) is 0 Å². The number of aryl methyl sites for hydroxylation is 3. The van der Waals surface area contributed by atoms with Crippen molar-refractivity contribution < 1.29 is 14.4 Å². The number of carbonyl (C=O) groups is 3. The highest BCUT2D eigenvalue weighted by molar-refractivity contribution is 9.11. The Hall–Kier alpha value is -2.34. The number of nitrogens with zero attached hydrogens (tertiary/aromatic N) is 1. The van der Waals surface area contributed by atoms with Gasteiger partial charge in [0.25, 0.3) is 5.91 Å². The van der Waals surface area contributed by atoms with Gasteiger partial charge < -0.3 is 5.32 Å². The van der Waals surface area contributed by atoms with Crippen molar-refractivity contribution in [3.63, 3.8) is 0 Å². The Morgan fingerprint density at radius 3 is 2.43 bits per heavy atom. The van der Waals surface area contributed by atoms with Crippen molar-refractivity contribution >= 4 is 40.1 Å². The predicted octanol–water partition coefficient (Wildman–Crippen LogP) is 3.85. The molecular weight excluding hydrogens is 420 g/mol. The molecule has 1 aliphatic carbocycles. The molecule has 1 aromatic carbocycles. The van der Waals surface area contributed by atoms with E-state index in [2.05, 4.69) is 39.5 Å². The fourth-order valence-corrected chi connectivity index (χ4v) is 4.05. The maximum atomic E-state index is 12.9. The molecule has 0 saturated heterocycles. The van der Waals surface area contributed by atoms with Gasteiger partial charge in [-0.25, -0.2) is 0 Å². The molecule has 0 aromatic heterocycles. The van der Waals surface area contributed by atoms with E-state index in [9.17, 15) is 14.4 Å². The second-order valence-corrected chi connectivity index (χ2v) is 8.21. The van der Waals surface area contributed by atoms with Crippen LogP contribution < -0.4 is 5.32 Å². The summed E-state index contributed by atoms with van der Waals surface area (Å²) in [6.07, 6.45) is 2.09. The van der Waals surface area contributed by atoms with Crippen molar-refractivity contribution in [1.29, 1.82) is 0 Å². The first-order valence-electron chi connectivity index (χ1n) is 9.11. The third-order valence-corrected chi connectivity index (χ3v) is 5.19. The third kappa shape index (κ3) is 4.93. The minimum Gasteiger partial charge on any atom is -0.351 e. The highest BCUT2D eigenvalue weighted by Gasteiger charge is 2.42. The molecule has 28 heavy (non-hydrogen) atoms. The lowest BCUT2D eigenvalue weighted by atomic mass is 9.86. The van der Waals surface area contributed by atoms with Gasteiger partial charge in [0.15, 0.2) is 5.78 Å². The monoisotopic (exact) mass is 444 g/mol. The molecule has 1 fully saturated rings. The van der Waals surface area contributed by atoms with E-state index in [4.69, 9.17) is 0 Å². The molecule has 0 heterocycles. The lowest BCUT2D eigenvalue weighted by Crippen LogP contribution is -2.28.